The number of imide groups is 1. The number of imidazole rings is 1. The lowest BCUT2D eigenvalue weighted by molar-refractivity contribution is -0.117. The summed E-state index contributed by atoms with van der Waals surface area (Å²) < 4.78 is 2.05. The molecule has 0 saturated carbocycles. The van der Waals surface area contributed by atoms with Crippen molar-refractivity contribution in [1.29, 1.82) is 0 Å². The minimum absolute atomic E-state index is 0.0826. The van der Waals surface area contributed by atoms with E-state index in [0.29, 0.717) is 16.7 Å². The Labute approximate surface area is 172 Å². The Bertz CT molecular complexity index is 958. The molecule has 8 heteroatoms. The number of rotatable bonds is 6. The number of thioether (sulfide) groups is 1. The zero-order chi connectivity index (χ0) is 19.9. The molecule has 0 atom stereocenters. The van der Waals surface area contributed by atoms with E-state index in [1.165, 1.54) is 18.8 Å². The van der Waals surface area contributed by atoms with Crippen LogP contribution in [0.25, 0.3) is 11.3 Å². The first-order valence-electron chi connectivity index (χ1n) is 8.56. The number of hydrogen-bond donors (Lipinski definition) is 2. The number of aromatic nitrogens is 2. The number of carbonyl (C=O) groups is 2. The summed E-state index contributed by atoms with van der Waals surface area (Å²) in [6.45, 7) is 0.609. The molecular formula is C20H19ClN4O2S. The zero-order valence-electron chi connectivity index (χ0n) is 15.2. The van der Waals surface area contributed by atoms with Crippen LogP contribution in [0.1, 0.15) is 5.56 Å². The highest BCUT2D eigenvalue weighted by Gasteiger charge is 2.15. The molecule has 2 N–H and O–H groups in total. The summed E-state index contributed by atoms with van der Waals surface area (Å²) in [6, 6.07) is 17.0. The lowest BCUT2D eigenvalue weighted by Gasteiger charge is -2.12. The van der Waals surface area contributed by atoms with Crippen LogP contribution in [0.3, 0.4) is 0 Å². The van der Waals surface area contributed by atoms with E-state index in [-0.39, 0.29) is 11.7 Å². The second-order valence-corrected chi connectivity index (χ2v) is 7.30. The van der Waals surface area contributed by atoms with Gasteiger partial charge in [0.05, 0.1) is 24.2 Å². The molecule has 0 saturated heterocycles. The number of nitrogens with one attached hydrogen (secondary N) is 2. The van der Waals surface area contributed by atoms with Gasteiger partial charge in [-0.15, -0.1) is 0 Å². The fraction of sp³-hybridized carbons (Fsp3) is 0.150. The molecule has 3 amide bonds. The predicted molar refractivity (Wildman–Crippen MR) is 112 cm³/mol. The van der Waals surface area contributed by atoms with Crippen LogP contribution in [0, 0.1) is 0 Å². The van der Waals surface area contributed by atoms with Gasteiger partial charge in [0.2, 0.25) is 5.91 Å². The lowest BCUT2D eigenvalue weighted by Crippen LogP contribution is -2.38. The standard InChI is InChI=1S/C20H19ClN4O2S/c1-22-19(27)24-18(26)13-28-20-23-11-17(15-7-9-16(21)10-8-15)25(20)12-14-5-3-2-4-6-14/h2-11H,12-13H2,1H3,(H2,22,24,26,27). The largest absolute Gasteiger partial charge is 0.341 e. The number of carbonyl (C=O) groups excluding carboxylic acids is 2. The maximum atomic E-state index is 11.9. The monoisotopic (exact) mass is 414 g/mol. The Morgan fingerprint density at radius 3 is 2.50 bits per heavy atom. The topological polar surface area (TPSA) is 76.0 Å². The first kappa shape index (κ1) is 20.0. The third kappa shape index (κ3) is 5.15. The molecule has 1 heterocycles. The average molecular weight is 415 g/mol. The highest BCUT2D eigenvalue weighted by molar-refractivity contribution is 7.99. The number of amides is 3. The molecule has 144 valence electrons. The van der Waals surface area contributed by atoms with Crippen LogP contribution in [-0.4, -0.2) is 34.3 Å². The van der Waals surface area contributed by atoms with Crippen molar-refractivity contribution in [2.75, 3.05) is 12.8 Å². The lowest BCUT2D eigenvalue weighted by atomic mass is 10.1. The van der Waals surface area contributed by atoms with Gasteiger partial charge in [-0.3, -0.25) is 10.1 Å². The van der Waals surface area contributed by atoms with E-state index in [1.807, 2.05) is 54.6 Å². The van der Waals surface area contributed by atoms with E-state index >= 15 is 0 Å². The summed E-state index contributed by atoms with van der Waals surface area (Å²) >= 11 is 7.29. The third-order valence-electron chi connectivity index (χ3n) is 3.95. The second kappa shape index (κ2) is 9.43. The molecule has 0 unspecified atom stereocenters. The average Bonchev–Trinajstić information content (AvgIpc) is 3.10. The van der Waals surface area contributed by atoms with Gasteiger partial charge in [0.15, 0.2) is 5.16 Å². The van der Waals surface area contributed by atoms with Crippen LogP contribution in [0.15, 0.2) is 66.0 Å². The van der Waals surface area contributed by atoms with Crippen molar-refractivity contribution < 1.29 is 9.59 Å². The normalized spacial score (nSPS) is 10.5. The molecular weight excluding hydrogens is 396 g/mol. The van der Waals surface area contributed by atoms with E-state index in [9.17, 15) is 9.59 Å². The zero-order valence-corrected chi connectivity index (χ0v) is 16.8. The maximum Gasteiger partial charge on any atom is 0.321 e. The Balaban J connectivity index is 1.85. The van der Waals surface area contributed by atoms with E-state index in [4.69, 9.17) is 11.6 Å². The van der Waals surface area contributed by atoms with Gasteiger partial charge in [0.1, 0.15) is 0 Å². The molecule has 2 aromatic carbocycles. The quantitative estimate of drug-likeness (QED) is 0.601. The summed E-state index contributed by atoms with van der Waals surface area (Å²) in [5.41, 5.74) is 3.02. The Morgan fingerprint density at radius 1 is 1.11 bits per heavy atom. The fourth-order valence-electron chi connectivity index (χ4n) is 2.60. The van der Waals surface area contributed by atoms with E-state index in [2.05, 4.69) is 20.2 Å². The van der Waals surface area contributed by atoms with Gasteiger partial charge in [0.25, 0.3) is 0 Å². The third-order valence-corrected chi connectivity index (χ3v) is 5.20. The van der Waals surface area contributed by atoms with Crippen LogP contribution < -0.4 is 10.6 Å². The SMILES string of the molecule is CNC(=O)NC(=O)CSc1ncc(-c2ccc(Cl)cc2)n1Cc1ccccc1. The smallest absolute Gasteiger partial charge is 0.321 e. The highest BCUT2D eigenvalue weighted by Crippen LogP contribution is 2.28. The summed E-state index contributed by atoms with van der Waals surface area (Å²) in [4.78, 5) is 27.7. The van der Waals surface area contributed by atoms with Gasteiger partial charge in [-0.25, -0.2) is 9.78 Å². The molecule has 0 spiro atoms. The molecule has 3 aromatic rings. The molecule has 1 aromatic heterocycles. The fourth-order valence-corrected chi connectivity index (χ4v) is 3.50. The van der Waals surface area contributed by atoms with Gasteiger partial charge in [0, 0.05) is 12.1 Å². The molecule has 6 nitrogen and oxygen atoms in total. The number of halogens is 1. The van der Waals surface area contributed by atoms with Crippen LogP contribution in [0.5, 0.6) is 0 Å². The summed E-state index contributed by atoms with van der Waals surface area (Å²) in [5.74, 6) is -0.300. The van der Waals surface area contributed by atoms with Crippen LogP contribution in [0.2, 0.25) is 5.02 Å². The van der Waals surface area contributed by atoms with Crippen molar-refractivity contribution in [1.82, 2.24) is 20.2 Å². The molecule has 0 bridgehead atoms. The van der Waals surface area contributed by atoms with Crippen molar-refractivity contribution in [3.05, 3.63) is 71.4 Å². The molecule has 3 rings (SSSR count). The van der Waals surface area contributed by atoms with E-state index in [0.717, 1.165) is 16.8 Å². The van der Waals surface area contributed by atoms with Gasteiger partial charge in [-0.1, -0.05) is 65.8 Å². The van der Waals surface area contributed by atoms with Crippen LogP contribution in [0.4, 0.5) is 4.79 Å². The van der Waals surface area contributed by atoms with Crippen molar-refractivity contribution in [2.45, 2.75) is 11.7 Å². The molecule has 0 aliphatic rings. The van der Waals surface area contributed by atoms with Crippen molar-refractivity contribution >= 4 is 35.3 Å². The van der Waals surface area contributed by atoms with Gasteiger partial charge in [-0.05, 0) is 23.3 Å². The molecule has 28 heavy (non-hydrogen) atoms. The number of hydrogen-bond acceptors (Lipinski definition) is 4. The van der Waals surface area contributed by atoms with Crippen molar-refractivity contribution in [2.24, 2.45) is 0 Å². The summed E-state index contributed by atoms with van der Waals surface area (Å²) in [6.07, 6.45) is 1.78. The van der Waals surface area contributed by atoms with E-state index in [1.54, 1.807) is 6.20 Å². The molecule has 0 aliphatic heterocycles. The maximum absolute atomic E-state index is 11.9. The van der Waals surface area contributed by atoms with Gasteiger partial charge in [-0.2, -0.15) is 0 Å². The summed E-state index contributed by atoms with van der Waals surface area (Å²) in [7, 11) is 1.46. The first-order chi connectivity index (χ1) is 13.6. The van der Waals surface area contributed by atoms with Crippen molar-refractivity contribution in [3.63, 3.8) is 0 Å². The van der Waals surface area contributed by atoms with Crippen LogP contribution in [-0.2, 0) is 11.3 Å². The Kier molecular flexibility index (Phi) is 6.73. The first-order valence-corrected chi connectivity index (χ1v) is 9.93. The van der Waals surface area contributed by atoms with Gasteiger partial charge < -0.3 is 9.88 Å². The minimum Gasteiger partial charge on any atom is -0.341 e. The van der Waals surface area contributed by atoms with Gasteiger partial charge >= 0.3 is 6.03 Å². The summed E-state index contributed by atoms with van der Waals surface area (Å²) in [5, 5.41) is 5.97. The molecule has 0 aliphatic carbocycles. The van der Waals surface area contributed by atoms with Crippen LogP contribution >= 0.6 is 23.4 Å². The van der Waals surface area contributed by atoms with E-state index < -0.39 is 6.03 Å². The number of urea groups is 1. The molecule has 0 fully saturated rings. The Hall–Kier alpha value is -2.77. The minimum atomic E-state index is -0.528. The predicted octanol–water partition coefficient (Wildman–Crippen LogP) is 3.80. The number of benzene rings is 2. The number of nitrogens with zero attached hydrogens (tertiary/aromatic N) is 2. The highest BCUT2D eigenvalue weighted by atomic mass is 35.5. The molecule has 0 radical (unpaired) electrons. The Morgan fingerprint density at radius 2 is 1.82 bits per heavy atom. The van der Waals surface area contributed by atoms with Crippen molar-refractivity contribution in [3.8, 4) is 11.3 Å². The second-order valence-electron chi connectivity index (χ2n) is 5.92.